The van der Waals surface area contributed by atoms with Crippen molar-refractivity contribution in [1.82, 2.24) is 4.90 Å². The molecule has 0 spiro atoms. The van der Waals surface area contributed by atoms with E-state index in [-0.39, 0.29) is 0 Å². The molecular formula is C18H26ClNO6. The highest BCUT2D eigenvalue weighted by atomic mass is 35.5. The van der Waals surface area contributed by atoms with Crippen LogP contribution in [-0.2, 0) is 14.3 Å². The van der Waals surface area contributed by atoms with Crippen LogP contribution in [0.3, 0.4) is 0 Å². The molecule has 1 heterocycles. The van der Waals surface area contributed by atoms with Crippen LogP contribution in [0.4, 0.5) is 0 Å². The van der Waals surface area contributed by atoms with Crippen LogP contribution < -0.4 is 4.74 Å². The summed E-state index contributed by atoms with van der Waals surface area (Å²) in [6.07, 6.45) is 2.63. The number of halogens is 1. The van der Waals surface area contributed by atoms with Gasteiger partial charge in [0.25, 0.3) is 0 Å². The third-order valence-electron chi connectivity index (χ3n) is 3.93. The highest BCUT2D eigenvalue weighted by Crippen LogP contribution is 2.22. The maximum atomic E-state index is 9.10. The lowest BCUT2D eigenvalue weighted by Gasteiger charge is -2.29. The summed E-state index contributed by atoms with van der Waals surface area (Å²) >= 11 is 6.01. The van der Waals surface area contributed by atoms with Crippen LogP contribution in [0.2, 0.25) is 5.02 Å². The standard InChI is InChI=1S/C16H24ClNO2.C2H2O4/c1-14-6-8-18(9-7-14)10-11-19-12-13-20-16-5-3-2-4-15(16)17;3-1(4)2(5)6/h2-5,14H,6-13H2,1H3;(H,3,4)(H,5,6). The molecule has 0 unspecified atom stereocenters. The first kappa shape index (κ1) is 22.2. The van der Waals surface area contributed by atoms with Crippen LogP contribution in [0.5, 0.6) is 5.75 Å². The van der Waals surface area contributed by atoms with Crippen LogP contribution in [0.15, 0.2) is 24.3 Å². The summed E-state index contributed by atoms with van der Waals surface area (Å²) in [7, 11) is 0. The zero-order valence-electron chi connectivity index (χ0n) is 14.9. The van der Waals surface area contributed by atoms with Gasteiger partial charge < -0.3 is 24.6 Å². The molecule has 2 N–H and O–H groups in total. The molecule has 7 nitrogen and oxygen atoms in total. The lowest BCUT2D eigenvalue weighted by Crippen LogP contribution is -2.35. The fourth-order valence-corrected chi connectivity index (χ4v) is 2.54. The van der Waals surface area contributed by atoms with E-state index in [4.69, 9.17) is 40.9 Å². The van der Waals surface area contributed by atoms with E-state index in [9.17, 15) is 0 Å². The Hall–Kier alpha value is -1.83. The number of para-hydroxylation sites is 1. The maximum absolute atomic E-state index is 9.10. The predicted molar refractivity (Wildman–Crippen MR) is 97.9 cm³/mol. The Balaban J connectivity index is 0.000000487. The van der Waals surface area contributed by atoms with Crippen molar-refractivity contribution in [3.05, 3.63) is 29.3 Å². The first-order chi connectivity index (χ1) is 12.4. The van der Waals surface area contributed by atoms with Crippen molar-refractivity contribution in [3.63, 3.8) is 0 Å². The van der Waals surface area contributed by atoms with E-state index in [0.29, 0.717) is 18.2 Å². The van der Waals surface area contributed by atoms with Crippen molar-refractivity contribution in [1.29, 1.82) is 0 Å². The number of carboxylic acid groups (broad SMARTS) is 2. The van der Waals surface area contributed by atoms with Crippen molar-refractivity contribution < 1.29 is 29.3 Å². The van der Waals surface area contributed by atoms with Gasteiger partial charge in [-0.15, -0.1) is 0 Å². The van der Waals surface area contributed by atoms with Crippen LogP contribution in [0.25, 0.3) is 0 Å². The molecule has 0 aliphatic carbocycles. The zero-order valence-corrected chi connectivity index (χ0v) is 15.7. The van der Waals surface area contributed by atoms with Crippen molar-refractivity contribution in [3.8, 4) is 5.75 Å². The Morgan fingerprint density at radius 3 is 2.31 bits per heavy atom. The largest absolute Gasteiger partial charge is 0.490 e. The zero-order chi connectivity index (χ0) is 19.4. The van der Waals surface area contributed by atoms with Crippen LogP contribution in [-0.4, -0.2) is 66.5 Å². The van der Waals surface area contributed by atoms with E-state index >= 15 is 0 Å². The van der Waals surface area contributed by atoms with Crippen LogP contribution in [0, 0.1) is 5.92 Å². The fourth-order valence-electron chi connectivity index (χ4n) is 2.35. The number of hydrogen-bond donors (Lipinski definition) is 2. The SMILES string of the molecule is CC1CCN(CCOCCOc2ccccc2Cl)CC1.O=C(O)C(=O)O. The average molecular weight is 388 g/mol. The molecule has 146 valence electrons. The molecule has 2 rings (SSSR count). The second kappa shape index (κ2) is 12.5. The molecule has 0 saturated carbocycles. The molecule has 1 saturated heterocycles. The van der Waals surface area contributed by atoms with Crippen molar-refractivity contribution in [2.45, 2.75) is 19.8 Å². The van der Waals surface area contributed by atoms with Gasteiger partial charge in [0.05, 0.1) is 18.2 Å². The molecule has 1 aromatic rings. The van der Waals surface area contributed by atoms with Gasteiger partial charge in [0.2, 0.25) is 0 Å². The van der Waals surface area contributed by atoms with E-state index < -0.39 is 11.9 Å². The third-order valence-corrected chi connectivity index (χ3v) is 4.25. The number of nitrogens with zero attached hydrogens (tertiary/aromatic N) is 1. The molecule has 1 aliphatic heterocycles. The minimum Gasteiger partial charge on any atom is -0.490 e. The van der Waals surface area contributed by atoms with E-state index in [1.165, 1.54) is 25.9 Å². The number of benzene rings is 1. The number of likely N-dealkylation sites (tertiary alicyclic amines) is 1. The summed E-state index contributed by atoms with van der Waals surface area (Å²) in [5, 5.41) is 15.4. The molecule has 1 aliphatic rings. The van der Waals surface area contributed by atoms with Gasteiger partial charge in [0, 0.05) is 6.54 Å². The quantitative estimate of drug-likeness (QED) is 0.548. The maximum Gasteiger partial charge on any atom is 0.414 e. The number of aliphatic carboxylic acids is 2. The fraction of sp³-hybridized carbons (Fsp3) is 0.556. The first-order valence-electron chi connectivity index (χ1n) is 8.53. The monoisotopic (exact) mass is 387 g/mol. The van der Waals surface area contributed by atoms with Gasteiger partial charge >= 0.3 is 11.9 Å². The molecule has 1 aromatic carbocycles. The summed E-state index contributed by atoms with van der Waals surface area (Å²) in [4.78, 5) is 20.7. The summed E-state index contributed by atoms with van der Waals surface area (Å²) in [5.41, 5.74) is 0. The number of carbonyl (C=O) groups is 2. The molecule has 0 aromatic heterocycles. The second-order valence-electron chi connectivity index (χ2n) is 6.03. The smallest absolute Gasteiger partial charge is 0.414 e. The predicted octanol–water partition coefficient (Wildman–Crippen LogP) is 2.62. The highest BCUT2D eigenvalue weighted by molar-refractivity contribution is 6.32. The second-order valence-corrected chi connectivity index (χ2v) is 6.43. The third kappa shape index (κ3) is 9.60. The average Bonchev–Trinajstić information content (AvgIpc) is 2.61. The molecule has 8 heteroatoms. The molecule has 26 heavy (non-hydrogen) atoms. The lowest BCUT2D eigenvalue weighted by atomic mass is 9.99. The highest BCUT2D eigenvalue weighted by Gasteiger charge is 2.14. The summed E-state index contributed by atoms with van der Waals surface area (Å²) in [5.74, 6) is -2.04. The van der Waals surface area contributed by atoms with Gasteiger partial charge in [-0.25, -0.2) is 9.59 Å². The molecule has 0 amide bonds. The van der Waals surface area contributed by atoms with Gasteiger partial charge in [-0.05, 0) is 44.0 Å². The number of hydrogen-bond acceptors (Lipinski definition) is 5. The summed E-state index contributed by atoms with van der Waals surface area (Å²) in [6.45, 7) is 7.70. The van der Waals surface area contributed by atoms with E-state index in [0.717, 1.165) is 24.8 Å². The normalized spacial score (nSPS) is 15.0. The minimum absolute atomic E-state index is 0.542. The topological polar surface area (TPSA) is 96.3 Å². The van der Waals surface area contributed by atoms with Crippen molar-refractivity contribution in [2.24, 2.45) is 5.92 Å². The van der Waals surface area contributed by atoms with Gasteiger partial charge in [0.1, 0.15) is 12.4 Å². The molecular weight excluding hydrogens is 362 g/mol. The number of carboxylic acids is 2. The van der Waals surface area contributed by atoms with E-state index in [2.05, 4.69) is 11.8 Å². The Morgan fingerprint density at radius 2 is 1.73 bits per heavy atom. The molecule has 1 fully saturated rings. The van der Waals surface area contributed by atoms with Crippen LogP contribution in [0.1, 0.15) is 19.8 Å². The lowest BCUT2D eigenvalue weighted by molar-refractivity contribution is -0.159. The summed E-state index contributed by atoms with van der Waals surface area (Å²) < 4.78 is 11.2. The van der Waals surface area contributed by atoms with Gasteiger partial charge in [0.15, 0.2) is 0 Å². The van der Waals surface area contributed by atoms with Crippen LogP contribution >= 0.6 is 11.6 Å². The van der Waals surface area contributed by atoms with Crippen molar-refractivity contribution in [2.75, 3.05) is 39.5 Å². The van der Waals surface area contributed by atoms with Gasteiger partial charge in [-0.1, -0.05) is 30.7 Å². The van der Waals surface area contributed by atoms with Gasteiger partial charge in [-0.2, -0.15) is 0 Å². The number of rotatable bonds is 7. The molecule has 0 bridgehead atoms. The van der Waals surface area contributed by atoms with E-state index in [1.54, 1.807) is 0 Å². The first-order valence-corrected chi connectivity index (χ1v) is 8.91. The Labute approximate surface area is 158 Å². The number of piperidine rings is 1. The molecule has 0 radical (unpaired) electrons. The Bertz CT molecular complexity index is 548. The Morgan fingerprint density at radius 1 is 1.12 bits per heavy atom. The molecule has 0 atom stereocenters. The summed E-state index contributed by atoms with van der Waals surface area (Å²) in [6, 6.07) is 7.51. The van der Waals surface area contributed by atoms with E-state index in [1.807, 2.05) is 24.3 Å². The number of ether oxygens (including phenoxy) is 2. The van der Waals surface area contributed by atoms with Gasteiger partial charge in [-0.3, -0.25) is 0 Å². The minimum atomic E-state index is -1.82. The Kier molecular flexibility index (Phi) is 10.7. The van der Waals surface area contributed by atoms with Crippen molar-refractivity contribution >= 4 is 23.5 Å².